The van der Waals surface area contributed by atoms with Crippen LogP contribution in [0.5, 0.6) is 5.75 Å². The molecule has 1 fully saturated rings. The predicted octanol–water partition coefficient (Wildman–Crippen LogP) is 5.41. The maximum Gasteiger partial charge on any atom is 0.156 e. The van der Waals surface area contributed by atoms with E-state index in [9.17, 15) is 9.59 Å². The molecule has 1 aliphatic rings. The summed E-state index contributed by atoms with van der Waals surface area (Å²) in [7, 11) is 0. The van der Waals surface area contributed by atoms with Gasteiger partial charge in [0.25, 0.3) is 0 Å². The van der Waals surface area contributed by atoms with E-state index >= 15 is 0 Å². The summed E-state index contributed by atoms with van der Waals surface area (Å²) in [5.74, 6) is 0.254. The smallest absolute Gasteiger partial charge is 0.156 e. The van der Waals surface area contributed by atoms with E-state index in [1.165, 1.54) is 5.56 Å². The molecule has 0 amide bonds. The van der Waals surface area contributed by atoms with Crippen LogP contribution in [-0.4, -0.2) is 18.2 Å². The Morgan fingerprint density at radius 1 is 0.962 bits per heavy atom. The molecule has 0 spiro atoms. The summed E-state index contributed by atoms with van der Waals surface area (Å²) < 4.78 is 5.78. The quantitative estimate of drug-likeness (QED) is 0.489. The number of hydrogen-bond acceptors (Lipinski definition) is 3. The molecule has 0 unspecified atom stereocenters. The molecule has 0 aliphatic heterocycles. The number of aryl methyl sites for hydroxylation is 1. The minimum absolute atomic E-state index is 0.0280. The SMILES string of the molecule is O=C1CC(=O)CC(c2cc(Cl)c(OCCCc3ccccc3)c(Cl)c2)C1. The third-order valence-electron chi connectivity index (χ3n) is 4.53. The third-order valence-corrected chi connectivity index (χ3v) is 5.10. The maximum absolute atomic E-state index is 11.7. The number of carbonyl (C=O) groups excluding carboxylic acids is 2. The lowest BCUT2D eigenvalue weighted by Gasteiger charge is -2.21. The largest absolute Gasteiger partial charge is 0.490 e. The van der Waals surface area contributed by atoms with Gasteiger partial charge in [-0.15, -0.1) is 0 Å². The number of carbonyl (C=O) groups is 2. The Hall–Kier alpha value is -1.84. The van der Waals surface area contributed by atoms with Crippen molar-refractivity contribution in [3.63, 3.8) is 0 Å². The highest BCUT2D eigenvalue weighted by atomic mass is 35.5. The van der Waals surface area contributed by atoms with Crippen LogP contribution in [0.25, 0.3) is 0 Å². The number of ketones is 2. The fourth-order valence-electron chi connectivity index (χ4n) is 3.27. The number of benzene rings is 2. The van der Waals surface area contributed by atoms with Gasteiger partial charge in [0.15, 0.2) is 5.75 Å². The average Bonchev–Trinajstić information content (AvgIpc) is 2.60. The minimum atomic E-state index is -0.147. The highest BCUT2D eigenvalue weighted by Gasteiger charge is 2.27. The summed E-state index contributed by atoms with van der Waals surface area (Å²) in [6.07, 6.45) is 2.52. The van der Waals surface area contributed by atoms with Gasteiger partial charge in [-0.2, -0.15) is 0 Å². The first-order valence-corrected chi connectivity index (χ1v) is 9.47. The monoisotopic (exact) mass is 390 g/mol. The minimum Gasteiger partial charge on any atom is -0.490 e. The molecule has 3 rings (SSSR count). The van der Waals surface area contributed by atoms with Crippen molar-refractivity contribution in [1.82, 2.24) is 0 Å². The molecule has 1 aliphatic carbocycles. The molecule has 0 bridgehead atoms. The molecular formula is C21H20Cl2O3. The number of rotatable bonds is 6. The Morgan fingerprint density at radius 2 is 1.58 bits per heavy atom. The molecule has 0 aromatic heterocycles. The van der Waals surface area contributed by atoms with E-state index in [0.29, 0.717) is 35.2 Å². The van der Waals surface area contributed by atoms with Crippen molar-refractivity contribution >= 4 is 34.8 Å². The first-order valence-electron chi connectivity index (χ1n) is 8.72. The second-order valence-corrected chi connectivity index (χ2v) is 7.42. The molecule has 3 nitrogen and oxygen atoms in total. The van der Waals surface area contributed by atoms with Crippen LogP contribution in [0.15, 0.2) is 42.5 Å². The molecule has 0 atom stereocenters. The van der Waals surface area contributed by atoms with Crippen LogP contribution in [0.4, 0.5) is 0 Å². The molecule has 1 saturated carbocycles. The number of hydrogen-bond donors (Lipinski definition) is 0. The lowest BCUT2D eigenvalue weighted by molar-refractivity contribution is -0.130. The fourth-order valence-corrected chi connectivity index (χ4v) is 3.88. The van der Waals surface area contributed by atoms with Gasteiger partial charge < -0.3 is 4.74 Å². The van der Waals surface area contributed by atoms with Crippen LogP contribution in [0, 0.1) is 0 Å². The molecule has 0 heterocycles. The van der Waals surface area contributed by atoms with Gasteiger partial charge in [0.05, 0.1) is 23.1 Å². The van der Waals surface area contributed by atoms with E-state index in [0.717, 1.165) is 18.4 Å². The maximum atomic E-state index is 11.7. The van der Waals surface area contributed by atoms with Crippen molar-refractivity contribution in [2.75, 3.05) is 6.61 Å². The standard InChI is InChI=1S/C21H20Cl2O3/c22-19-11-16(15-9-17(24)13-18(25)10-15)12-20(23)21(19)26-8-4-7-14-5-2-1-3-6-14/h1-3,5-6,11-12,15H,4,7-10,13H2. The first-order chi connectivity index (χ1) is 12.5. The molecular weight excluding hydrogens is 371 g/mol. The molecule has 0 saturated heterocycles. The van der Waals surface area contributed by atoms with Gasteiger partial charge in [0, 0.05) is 12.8 Å². The van der Waals surface area contributed by atoms with Crippen molar-refractivity contribution in [1.29, 1.82) is 0 Å². The van der Waals surface area contributed by atoms with E-state index in [4.69, 9.17) is 27.9 Å². The molecule has 2 aromatic rings. The molecule has 0 radical (unpaired) electrons. The zero-order valence-electron chi connectivity index (χ0n) is 14.3. The number of halogens is 2. The summed E-state index contributed by atoms with van der Waals surface area (Å²) in [5.41, 5.74) is 2.08. The summed E-state index contributed by atoms with van der Waals surface area (Å²) in [6.45, 7) is 0.508. The van der Waals surface area contributed by atoms with Gasteiger partial charge >= 0.3 is 0 Å². The predicted molar refractivity (Wildman–Crippen MR) is 103 cm³/mol. The van der Waals surface area contributed by atoms with Crippen LogP contribution in [-0.2, 0) is 16.0 Å². The van der Waals surface area contributed by atoms with Crippen LogP contribution in [0.2, 0.25) is 10.0 Å². The van der Waals surface area contributed by atoms with Crippen LogP contribution >= 0.6 is 23.2 Å². The summed E-state index contributed by atoms with van der Waals surface area (Å²) in [4.78, 5) is 23.3. The molecule has 5 heteroatoms. The van der Waals surface area contributed by atoms with Crippen LogP contribution < -0.4 is 4.74 Å². The Labute approximate surface area is 163 Å². The fraction of sp³-hybridized carbons (Fsp3) is 0.333. The van der Waals surface area contributed by atoms with Crippen molar-refractivity contribution in [2.24, 2.45) is 0 Å². The van der Waals surface area contributed by atoms with Crippen LogP contribution in [0.3, 0.4) is 0 Å². The van der Waals surface area contributed by atoms with Crippen molar-refractivity contribution in [3.05, 3.63) is 63.6 Å². The topological polar surface area (TPSA) is 43.4 Å². The third kappa shape index (κ3) is 4.87. The van der Waals surface area contributed by atoms with E-state index < -0.39 is 0 Å². The zero-order chi connectivity index (χ0) is 18.5. The Morgan fingerprint density at radius 3 is 2.19 bits per heavy atom. The van der Waals surface area contributed by atoms with Crippen molar-refractivity contribution in [2.45, 2.75) is 38.0 Å². The van der Waals surface area contributed by atoms with E-state index in [-0.39, 0.29) is 23.9 Å². The Kier molecular flexibility index (Phi) is 6.33. The first kappa shape index (κ1) is 18.9. The summed E-state index contributed by atoms with van der Waals surface area (Å²) >= 11 is 12.7. The second-order valence-electron chi connectivity index (χ2n) is 6.61. The highest BCUT2D eigenvalue weighted by molar-refractivity contribution is 6.37. The average molecular weight is 391 g/mol. The van der Waals surface area contributed by atoms with Gasteiger partial charge in [-0.05, 0) is 42.0 Å². The number of ether oxygens (including phenoxy) is 1. The summed E-state index contributed by atoms with van der Waals surface area (Å²) in [5, 5.41) is 0.829. The molecule has 26 heavy (non-hydrogen) atoms. The Bertz CT molecular complexity index is 763. The van der Waals surface area contributed by atoms with Gasteiger partial charge in [-0.1, -0.05) is 53.5 Å². The molecule has 136 valence electrons. The van der Waals surface area contributed by atoms with Gasteiger partial charge in [-0.25, -0.2) is 0 Å². The zero-order valence-corrected chi connectivity index (χ0v) is 15.9. The lowest BCUT2D eigenvalue weighted by Crippen LogP contribution is -2.21. The summed E-state index contributed by atoms with van der Waals surface area (Å²) in [6, 6.07) is 13.7. The highest BCUT2D eigenvalue weighted by Crippen LogP contribution is 2.39. The van der Waals surface area contributed by atoms with Crippen molar-refractivity contribution in [3.8, 4) is 5.75 Å². The van der Waals surface area contributed by atoms with Crippen LogP contribution in [0.1, 0.15) is 42.7 Å². The van der Waals surface area contributed by atoms with Gasteiger partial charge in [0.1, 0.15) is 11.6 Å². The van der Waals surface area contributed by atoms with E-state index in [1.807, 2.05) is 18.2 Å². The Balaban J connectivity index is 1.62. The van der Waals surface area contributed by atoms with E-state index in [1.54, 1.807) is 12.1 Å². The van der Waals surface area contributed by atoms with E-state index in [2.05, 4.69) is 12.1 Å². The second kappa shape index (κ2) is 8.70. The normalized spacial score (nSPS) is 15.3. The molecule has 0 N–H and O–H groups in total. The number of Topliss-reactive ketones (excluding diaryl/α,β-unsaturated/α-hetero) is 2. The van der Waals surface area contributed by atoms with Gasteiger partial charge in [-0.3, -0.25) is 9.59 Å². The van der Waals surface area contributed by atoms with Gasteiger partial charge in [0.2, 0.25) is 0 Å². The van der Waals surface area contributed by atoms with Crippen molar-refractivity contribution < 1.29 is 14.3 Å². The molecule has 2 aromatic carbocycles. The lowest BCUT2D eigenvalue weighted by atomic mass is 9.82.